The van der Waals surface area contributed by atoms with E-state index >= 15 is 0 Å². The lowest BCUT2D eigenvalue weighted by atomic mass is 10.0. The third kappa shape index (κ3) is 4.74. The van der Waals surface area contributed by atoms with Crippen LogP contribution in [0.15, 0.2) is 52.0 Å². The van der Waals surface area contributed by atoms with E-state index in [1.165, 1.54) is 4.90 Å². The van der Waals surface area contributed by atoms with Gasteiger partial charge in [0.05, 0.1) is 4.91 Å². The summed E-state index contributed by atoms with van der Waals surface area (Å²) in [6, 6.07) is 13.0. The molecule has 0 radical (unpaired) electrons. The predicted molar refractivity (Wildman–Crippen MR) is 129 cm³/mol. The van der Waals surface area contributed by atoms with E-state index in [1.807, 2.05) is 32.0 Å². The van der Waals surface area contributed by atoms with Gasteiger partial charge in [0.15, 0.2) is 5.69 Å². The number of thiocarbonyl (C=S) groups is 1. The lowest BCUT2D eigenvalue weighted by Crippen LogP contribution is -2.36. The summed E-state index contributed by atoms with van der Waals surface area (Å²) >= 11 is 12.4. The van der Waals surface area contributed by atoms with Crippen molar-refractivity contribution in [2.24, 2.45) is 0 Å². The van der Waals surface area contributed by atoms with E-state index in [0.29, 0.717) is 19.9 Å². The monoisotopic (exact) mass is 484 g/mol. The third-order valence-corrected chi connectivity index (χ3v) is 6.37. The number of hydrogen-bond acceptors (Lipinski definition) is 7. The number of hydrogen-bond donors (Lipinski definition) is 1. The predicted octanol–water partition coefficient (Wildman–Crippen LogP) is 4.85. The largest absolute Gasteiger partial charge is 0.304 e. The Kier molecular flexibility index (Phi) is 6.40. The maximum Gasteiger partial charge on any atom is 0.266 e. The summed E-state index contributed by atoms with van der Waals surface area (Å²) in [5.74, 6) is -0.611. The number of halogens is 1. The van der Waals surface area contributed by atoms with Crippen molar-refractivity contribution in [1.29, 1.82) is 0 Å². The van der Waals surface area contributed by atoms with Gasteiger partial charge in [0.2, 0.25) is 11.7 Å². The van der Waals surface area contributed by atoms with E-state index in [-0.39, 0.29) is 18.3 Å². The SMILES string of the molecule is Cc1ccc(C)c(-c2nonc2NC(=O)CN2C(=O)/C(=C/c3ccc(Cl)cc3)SC2=S)c1. The van der Waals surface area contributed by atoms with E-state index in [2.05, 4.69) is 15.6 Å². The number of aryl methyl sites for hydroxylation is 2. The first-order valence-electron chi connectivity index (χ1n) is 9.53. The molecule has 32 heavy (non-hydrogen) atoms. The van der Waals surface area contributed by atoms with E-state index in [9.17, 15) is 9.59 Å². The van der Waals surface area contributed by atoms with Gasteiger partial charge < -0.3 is 5.32 Å². The van der Waals surface area contributed by atoms with Crippen LogP contribution in [0, 0.1) is 13.8 Å². The molecule has 2 aromatic carbocycles. The second kappa shape index (κ2) is 9.23. The molecule has 0 unspecified atom stereocenters. The number of benzene rings is 2. The number of carbonyl (C=O) groups excluding carboxylic acids is 2. The normalized spacial score (nSPS) is 15.0. The van der Waals surface area contributed by atoms with Crippen LogP contribution in [0.25, 0.3) is 17.3 Å². The van der Waals surface area contributed by atoms with E-state index in [1.54, 1.807) is 30.3 Å². The van der Waals surface area contributed by atoms with Gasteiger partial charge in [-0.15, -0.1) is 0 Å². The van der Waals surface area contributed by atoms with Crippen molar-refractivity contribution in [2.45, 2.75) is 13.8 Å². The summed E-state index contributed by atoms with van der Waals surface area (Å²) in [5.41, 5.74) is 4.04. The summed E-state index contributed by atoms with van der Waals surface area (Å²) in [4.78, 5) is 27.2. The van der Waals surface area contributed by atoms with Crippen LogP contribution in [0.3, 0.4) is 0 Å². The number of anilines is 1. The van der Waals surface area contributed by atoms with Gasteiger partial charge in [0, 0.05) is 10.6 Å². The Balaban J connectivity index is 1.48. The molecule has 1 aliphatic rings. The van der Waals surface area contributed by atoms with Crippen LogP contribution >= 0.6 is 35.6 Å². The fourth-order valence-corrected chi connectivity index (χ4v) is 4.48. The van der Waals surface area contributed by atoms with Gasteiger partial charge in [-0.3, -0.25) is 14.5 Å². The van der Waals surface area contributed by atoms with Crippen molar-refractivity contribution in [3.05, 3.63) is 69.1 Å². The van der Waals surface area contributed by atoms with Gasteiger partial charge in [-0.2, -0.15) is 0 Å². The zero-order valence-electron chi connectivity index (χ0n) is 17.1. The van der Waals surface area contributed by atoms with E-state index < -0.39 is 5.91 Å². The number of amides is 2. The summed E-state index contributed by atoms with van der Waals surface area (Å²) in [5, 5.41) is 11.0. The standard InChI is InChI=1S/C22H17ClN4O3S2/c1-12-3-4-13(2)16(9-12)19-20(26-30-25-19)24-18(28)11-27-21(29)17(32-22(27)31)10-14-5-7-15(23)8-6-14/h3-10H,11H2,1-2H3,(H,24,26,28)/b17-10-. The molecule has 4 rings (SSSR count). The summed E-state index contributed by atoms with van der Waals surface area (Å²) < 4.78 is 5.16. The number of aromatic nitrogens is 2. The van der Waals surface area contributed by atoms with Gasteiger partial charge in [0.1, 0.15) is 10.9 Å². The van der Waals surface area contributed by atoms with Crippen LogP contribution in [0.2, 0.25) is 5.02 Å². The minimum atomic E-state index is -0.462. The quantitative estimate of drug-likeness (QED) is 0.409. The maximum atomic E-state index is 12.8. The van der Waals surface area contributed by atoms with Gasteiger partial charge in [0.25, 0.3) is 5.91 Å². The Morgan fingerprint density at radius 3 is 2.72 bits per heavy atom. The Morgan fingerprint density at radius 1 is 1.22 bits per heavy atom. The number of thioether (sulfide) groups is 1. The van der Waals surface area contributed by atoms with Crippen molar-refractivity contribution < 1.29 is 14.2 Å². The molecule has 0 saturated carbocycles. The zero-order valence-corrected chi connectivity index (χ0v) is 19.5. The second-order valence-corrected chi connectivity index (χ2v) is 9.26. The molecule has 2 heterocycles. The molecular formula is C22H17ClN4O3S2. The van der Waals surface area contributed by atoms with Gasteiger partial charge >= 0.3 is 0 Å². The summed E-state index contributed by atoms with van der Waals surface area (Å²) in [7, 11) is 0. The van der Waals surface area contributed by atoms with Gasteiger partial charge in [-0.25, -0.2) is 4.63 Å². The first kappa shape index (κ1) is 22.2. The minimum Gasteiger partial charge on any atom is -0.304 e. The van der Waals surface area contributed by atoms with Crippen molar-refractivity contribution >= 4 is 63.6 Å². The first-order valence-corrected chi connectivity index (χ1v) is 11.1. The highest BCUT2D eigenvalue weighted by atomic mass is 35.5. The molecule has 0 atom stereocenters. The third-order valence-electron chi connectivity index (χ3n) is 4.74. The molecule has 0 bridgehead atoms. The molecule has 0 spiro atoms. The summed E-state index contributed by atoms with van der Waals surface area (Å²) in [6.07, 6.45) is 1.72. The second-order valence-electron chi connectivity index (χ2n) is 7.15. The van der Waals surface area contributed by atoms with Crippen molar-refractivity contribution in [3.63, 3.8) is 0 Å². The highest BCUT2D eigenvalue weighted by molar-refractivity contribution is 8.26. The number of rotatable bonds is 5. The van der Waals surface area contributed by atoms with Gasteiger partial charge in [-0.1, -0.05) is 65.4 Å². The maximum absolute atomic E-state index is 12.8. The molecule has 10 heteroatoms. The lowest BCUT2D eigenvalue weighted by Gasteiger charge is -2.13. The minimum absolute atomic E-state index is 0.186. The van der Waals surface area contributed by atoms with Crippen LogP contribution in [0.5, 0.6) is 0 Å². The lowest BCUT2D eigenvalue weighted by molar-refractivity contribution is -0.126. The molecule has 0 aliphatic carbocycles. The van der Waals surface area contributed by atoms with E-state index in [0.717, 1.165) is 34.0 Å². The molecule has 1 N–H and O–H groups in total. The average molecular weight is 485 g/mol. The fourth-order valence-electron chi connectivity index (χ4n) is 3.10. The van der Waals surface area contributed by atoms with Crippen LogP contribution in [0.4, 0.5) is 5.82 Å². The molecule has 7 nitrogen and oxygen atoms in total. The van der Waals surface area contributed by atoms with Crippen LogP contribution in [-0.2, 0) is 9.59 Å². The molecular weight excluding hydrogens is 468 g/mol. The summed E-state index contributed by atoms with van der Waals surface area (Å²) in [6.45, 7) is 3.64. The first-order chi connectivity index (χ1) is 15.3. The average Bonchev–Trinajstić information content (AvgIpc) is 3.31. The molecule has 1 aliphatic heterocycles. The molecule has 2 amide bonds. The molecule has 3 aromatic rings. The Bertz CT molecular complexity index is 1250. The van der Waals surface area contributed by atoms with Crippen LogP contribution < -0.4 is 5.32 Å². The highest BCUT2D eigenvalue weighted by Gasteiger charge is 2.33. The Hall–Kier alpha value is -3.01. The molecule has 1 fully saturated rings. The van der Waals surface area contributed by atoms with Crippen molar-refractivity contribution in [2.75, 3.05) is 11.9 Å². The van der Waals surface area contributed by atoms with Crippen molar-refractivity contribution in [3.8, 4) is 11.3 Å². The number of carbonyl (C=O) groups is 2. The zero-order chi connectivity index (χ0) is 22.8. The van der Waals surface area contributed by atoms with Crippen LogP contribution in [0.1, 0.15) is 16.7 Å². The van der Waals surface area contributed by atoms with Crippen molar-refractivity contribution in [1.82, 2.24) is 15.2 Å². The molecule has 1 aromatic heterocycles. The van der Waals surface area contributed by atoms with Gasteiger partial charge in [-0.05, 0) is 59.6 Å². The Labute approximate surface area is 198 Å². The van der Waals surface area contributed by atoms with Crippen LogP contribution in [-0.4, -0.2) is 37.9 Å². The Morgan fingerprint density at radius 2 is 1.97 bits per heavy atom. The smallest absolute Gasteiger partial charge is 0.266 e. The fraction of sp³-hybridized carbons (Fsp3) is 0.136. The number of nitrogens with one attached hydrogen (secondary N) is 1. The highest BCUT2D eigenvalue weighted by Crippen LogP contribution is 2.33. The van der Waals surface area contributed by atoms with E-state index in [4.69, 9.17) is 28.4 Å². The molecule has 1 saturated heterocycles. The molecule has 162 valence electrons. The topological polar surface area (TPSA) is 88.3 Å². The number of nitrogens with zero attached hydrogens (tertiary/aromatic N) is 3.